The molecule has 0 fully saturated rings. The first kappa shape index (κ1) is 10.8. The fraction of sp³-hybridized carbons (Fsp3) is 0.250. The molecular weight excluding hydrogens is 272 g/mol. The van der Waals surface area contributed by atoms with Crippen molar-refractivity contribution in [2.24, 2.45) is 0 Å². The maximum absolute atomic E-state index is 8.68. The lowest BCUT2D eigenvalue weighted by Gasteiger charge is -1.99. The van der Waals surface area contributed by atoms with Crippen LogP contribution in [0.15, 0.2) is 17.2 Å². The van der Waals surface area contributed by atoms with Gasteiger partial charge >= 0.3 is 0 Å². The summed E-state index contributed by atoms with van der Waals surface area (Å²) >= 11 is 10.6. The number of aromatic nitrogens is 1. The van der Waals surface area contributed by atoms with E-state index in [9.17, 15) is 0 Å². The van der Waals surface area contributed by atoms with Crippen LogP contribution in [-0.4, -0.2) is 16.1 Å². The van der Waals surface area contributed by atoms with Gasteiger partial charge in [-0.25, -0.2) is 4.98 Å². The van der Waals surface area contributed by atoms with Gasteiger partial charge in [0.2, 0.25) is 0 Å². The molecule has 0 aliphatic rings. The van der Waals surface area contributed by atoms with Crippen LogP contribution in [-0.2, 0) is 0 Å². The van der Waals surface area contributed by atoms with E-state index in [1.54, 1.807) is 24.0 Å². The van der Waals surface area contributed by atoms with Gasteiger partial charge in [0, 0.05) is 22.2 Å². The van der Waals surface area contributed by atoms with E-state index >= 15 is 0 Å². The topological polar surface area (TPSA) is 36.7 Å². The standard InChI is InChI=1S/C8H6BrClN2S/c9-1-2-13-7-3-6(4-11)8(10)12-5-7/h3,5H,1-2H2. The predicted octanol–water partition coefficient (Wildman–Crippen LogP) is 3.09. The molecule has 0 radical (unpaired) electrons. The van der Waals surface area contributed by atoms with Gasteiger partial charge in [-0.1, -0.05) is 27.5 Å². The zero-order valence-electron chi connectivity index (χ0n) is 6.63. The van der Waals surface area contributed by atoms with Crippen molar-refractivity contribution in [1.82, 2.24) is 4.98 Å². The highest BCUT2D eigenvalue weighted by atomic mass is 79.9. The second-order valence-electron chi connectivity index (χ2n) is 2.16. The summed E-state index contributed by atoms with van der Waals surface area (Å²) < 4.78 is 0. The molecule has 0 spiro atoms. The highest BCUT2D eigenvalue weighted by molar-refractivity contribution is 9.09. The molecule has 68 valence electrons. The third kappa shape index (κ3) is 3.18. The van der Waals surface area contributed by atoms with Gasteiger partial charge in [-0.05, 0) is 6.07 Å². The van der Waals surface area contributed by atoms with Crippen molar-refractivity contribution >= 4 is 39.3 Å². The first-order valence-electron chi connectivity index (χ1n) is 3.52. The Morgan fingerprint density at radius 2 is 2.46 bits per heavy atom. The van der Waals surface area contributed by atoms with Crippen LogP contribution >= 0.6 is 39.3 Å². The lowest BCUT2D eigenvalue weighted by Crippen LogP contribution is -1.85. The van der Waals surface area contributed by atoms with E-state index in [1.165, 1.54) is 0 Å². The monoisotopic (exact) mass is 276 g/mol. The summed E-state index contributed by atoms with van der Waals surface area (Å²) in [7, 11) is 0. The molecule has 1 rings (SSSR count). The first-order valence-corrected chi connectivity index (χ1v) is 6.01. The average Bonchev–Trinajstić information content (AvgIpc) is 2.16. The Morgan fingerprint density at radius 1 is 1.69 bits per heavy atom. The number of halogens is 2. The van der Waals surface area contributed by atoms with Crippen LogP contribution in [0.1, 0.15) is 5.56 Å². The molecule has 0 saturated heterocycles. The smallest absolute Gasteiger partial charge is 0.146 e. The highest BCUT2D eigenvalue weighted by Crippen LogP contribution is 2.21. The number of rotatable bonds is 3. The van der Waals surface area contributed by atoms with Crippen molar-refractivity contribution in [3.63, 3.8) is 0 Å². The SMILES string of the molecule is N#Cc1cc(SCCBr)cnc1Cl. The number of nitriles is 1. The van der Waals surface area contributed by atoms with Gasteiger partial charge in [0.05, 0.1) is 5.56 Å². The molecule has 1 heterocycles. The van der Waals surface area contributed by atoms with Crippen LogP contribution < -0.4 is 0 Å². The van der Waals surface area contributed by atoms with E-state index in [2.05, 4.69) is 20.9 Å². The van der Waals surface area contributed by atoms with E-state index in [0.29, 0.717) is 5.56 Å². The zero-order chi connectivity index (χ0) is 9.68. The fourth-order valence-electron chi connectivity index (χ4n) is 0.743. The zero-order valence-corrected chi connectivity index (χ0v) is 9.79. The minimum absolute atomic E-state index is 0.269. The van der Waals surface area contributed by atoms with Crippen molar-refractivity contribution in [2.75, 3.05) is 11.1 Å². The van der Waals surface area contributed by atoms with Crippen LogP contribution in [0.25, 0.3) is 0 Å². The number of pyridine rings is 1. The van der Waals surface area contributed by atoms with E-state index < -0.39 is 0 Å². The summed E-state index contributed by atoms with van der Waals surface area (Å²) in [5, 5.41) is 9.86. The first-order chi connectivity index (χ1) is 6.27. The average molecular weight is 278 g/mol. The van der Waals surface area contributed by atoms with Crippen molar-refractivity contribution < 1.29 is 0 Å². The van der Waals surface area contributed by atoms with Gasteiger partial charge in [0.15, 0.2) is 0 Å². The summed E-state index contributed by atoms with van der Waals surface area (Å²) in [4.78, 5) is 4.88. The number of nitrogens with zero attached hydrogens (tertiary/aromatic N) is 2. The summed E-state index contributed by atoms with van der Waals surface area (Å²) in [6.07, 6.45) is 1.68. The molecule has 0 unspecified atom stereocenters. The number of hydrogen-bond donors (Lipinski definition) is 0. The van der Waals surface area contributed by atoms with Crippen molar-refractivity contribution in [2.45, 2.75) is 4.90 Å². The Labute approximate surface area is 94.4 Å². The molecule has 2 nitrogen and oxygen atoms in total. The third-order valence-electron chi connectivity index (χ3n) is 1.28. The van der Waals surface area contributed by atoms with Gasteiger partial charge in [-0.2, -0.15) is 5.26 Å². The largest absolute Gasteiger partial charge is 0.242 e. The molecule has 0 saturated carbocycles. The van der Waals surface area contributed by atoms with Crippen molar-refractivity contribution in [3.05, 3.63) is 23.0 Å². The van der Waals surface area contributed by atoms with Gasteiger partial charge in [0.25, 0.3) is 0 Å². The van der Waals surface area contributed by atoms with E-state index in [4.69, 9.17) is 16.9 Å². The quantitative estimate of drug-likeness (QED) is 0.484. The predicted molar refractivity (Wildman–Crippen MR) is 58.5 cm³/mol. The normalized spacial score (nSPS) is 9.62. The number of thioether (sulfide) groups is 1. The Bertz CT molecular complexity index is 337. The van der Waals surface area contributed by atoms with Gasteiger partial charge in [-0.3, -0.25) is 0 Å². The van der Waals surface area contributed by atoms with Gasteiger partial charge < -0.3 is 0 Å². The number of alkyl halides is 1. The van der Waals surface area contributed by atoms with Crippen LogP contribution in [0.2, 0.25) is 5.15 Å². The summed E-state index contributed by atoms with van der Waals surface area (Å²) in [5.41, 5.74) is 0.432. The molecule has 1 aromatic rings. The molecule has 0 amide bonds. The molecule has 1 aromatic heterocycles. The van der Waals surface area contributed by atoms with Crippen LogP contribution in [0.3, 0.4) is 0 Å². The summed E-state index contributed by atoms with van der Waals surface area (Å²) in [6.45, 7) is 0. The minimum Gasteiger partial charge on any atom is -0.242 e. The molecule has 0 aromatic carbocycles. The van der Waals surface area contributed by atoms with E-state index in [0.717, 1.165) is 16.0 Å². The van der Waals surface area contributed by atoms with Crippen LogP contribution in [0, 0.1) is 11.3 Å². The van der Waals surface area contributed by atoms with Crippen LogP contribution in [0.4, 0.5) is 0 Å². The second kappa shape index (κ2) is 5.48. The lowest BCUT2D eigenvalue weighted by molar-refractivity contribution is 1.22. The molecule has 13 heavy (non-hydrogen) atoms. The minimum atomic E-state index is 0.269. The van der Waals surface area contributed by atoms with Crippen molar-refractivity contribution in [1.29, 1.82) is 5.26 Å². The maximum Gasteiger partial charge on any atom is 0.146 e. The molecule has 0 aliphatic heterocycles. The Balaban J connectivity index is 2.82. The molecule has 5 heteroatoms. The maximum atomic E-state index is 8.68. The fourth-order valence-corrected chi connectivity index (χ4v) is 2.02. The molecule has 0 bridgehead atoms. The van der Waals surface area contributed by atoms with Crippen LogP contribution in [0.5, 0.6) is 0 Å². The van der Waals surface area contributed by atoms with Gasteiger partial charge in [0.1, 0.15) is 11.2 Å². The molecule has 0 N–H and O–H groups in total. The van der Waals surface area contributed by atoms with E-state index in [-0.39, 0.29) is 5.15 Å². The van der Waals surface area contributed by atoms with Crippen molar-refractivity contribution in [3.8, 4) is 6.07 Å². The lowest BCUT2D eigenvalue weighted by atomic mass is 10.3. The Morgan fingerprint density at radius 3 is 3.08 bits per heavy atom. The Kier molecular flexibility index (Phi) is 4.57. The molecule has 0 atom stereocenters. The number of hydrogen-bond acceptors (Lipinski definition) is 3. The summed E-state index contributed by atoms with van der Waals surface area (Å²) in [5.74, 6) is 0.953. The molecular formula is C8H6BrClN2S. The van der Waals surface area contributed by atoms with E-state index in [1.807, 2.05) is 6.07 Å². The third-order valence-corrected chi connectivity index (χ3v) is 3.47. The Hall–Kier alpha value is -0.240. The van der Waals surface area contributed by atoms with Gasteiger partial charge in [-0.15, -0.1) is 11.8 Å². The highest BCUT2D eigenvalue weighted by Gasteiger charge is 2.02. The molecule has 0 aliphatic carbocycles. The second-order valence-corrected chi connectivity index (χ2v) is 4.48. The summed E-state index contributed by atoms with van der Waals surface area (Å²) in [6, 6.07) is 3.75.